The SMILES string of the molecule is CC(C)(C)c1ccc2c(c1)B1c3ccc(C(C)(C)C)cc3N(c3ccc(C(C)(C)C)cc3-c3ccccc3)c3cc(N4c5ccccc5C5(C)CCCC45C)cc(c31)N2c1ccc(C(C)(C)C)cc1-c1ccccc1. The van der Waals surface area contributed by atoms with E-state index in [9.17, 15) is 0 Å². The minimum Gasteiger partial charge on any atom is -0.334 e. The van der Waals surface area contributed by atoms with Crippen molar-refractivity contribution in [2.24, 2.45) is 0 Å². The molecule has 1 saturated carbocycles. The molecule has 378 valence electrons. The van der Waals surface area contributed by atoms with Gasteiger partial charge >= 0.3 is 0 Å². The second-order valence-electron chi connectivity index (χ2n) is 27.1. The standard InChI is InChI=1S/C71H76BN3/c1-66(2,3)48-31-35-58(53(40-48)46-24-17-15-18-25-46)73-61-37-33-50(68(7,8)9)42-57(61)72-56-34-30-51(69(10,11)12)43-62(56)74(59-36-32-49(67(4,5)6)41-54(59)47-26-19-16-20-27-47)64-45-52(44-63(73)65(64)72)75-60-29-22-21-28-55(60)70(13)38-23-39-71(70,75)14/h15-22,24-37,40-45H,23,38-39H2,1-14H3. The van der Waals surface area contributed by atoms with Crippen molar-refractivity contribution in [2.75, 3.05) is 14.7 Å². The first-order valence-electron chi connectivity index (χ1n) is 27.8. The molecule has 3 heterocycles. The van der Waals surface area contributed by atoms with Crippen LogP contribution in [0.4, 0.5) is 45.5 Å². The molecule has 3 aliphatic heterocycles. The molecule has 0 N–H and O–H groups in total. The number of para-hydroxylation sites is 1. The fourth-order valence-corrected chi connectivity index (χ4v) is 13.6. The van der Waals surface area contributed by atoms with Crippen LogP contribution in [-0.4, -0.2) is 12.3 Å². The third kappa shape index (κ3) is 7.66. The first-order valence-corrected chi connectivity index (χ1v) is 27.8. The van der Waals surface area contributed by atoms with Crippen molar-refractivity contribution < 1.29 is 0 Å². The average molecular weight is 982 g/mol. The van der Waals surface area contributed by atoms with Crippen LogP contribution in [0.3, 0.4) is 0 Å². The van der Waals surface area contributed by atoms with E-state index in [1.807, 2.05) is 0 Å². The van der Waals surface area contributed by atoms with Gasteiger partial charge in [0, 0.05) is 50.7 Å². The van der Waals surface area contributed by atoms with E-state index in [2.05, 4.69) is 281 Å². The molecule has 0 aromatic heterocycles. The van der Waals surface area contributed by atoms with Crippen LogP contribution in [0, 0.1) is 0 Å². The lowest BCUT2D eigenvalue weighted by atomic mass is 9.33. The number of nitrogens with zero attached hydrogens (tertiary/aromatic N) is 3. The monoisotopic (exact) mass is 982 g/mol. The summed E-state index contributed by atoms with van der Waals surface area (Å²) in [6.45, 7) is 33.3. The Morgan fingerprint density at radius 2 is 0.840 bits per heavy atom. The Bertz CT molecular complexity index is 3560. The van der Waals surface area contributed by atoms with Crippen molar-refractivity contribution in [1.29, 1.82) is 0 Å². The van der Waals surface area contributed by atoms with E-state index < -0.39 is 0 Å². The van der Waals surface area contributed by atoms with Crippen molar-refractivity contribution in [1.82, 2.24) is 0 Å². The lowest BCUT2D eigenvalue weighted by molar-refractivity contribution is 0.330. The van der Waals surface area contributed by atoms with Gasteiger partial charge in [-0.2, -0.15) is 0 Å². The topological polar surface area (TPSA) is 9.72 Å². The molecule has 1 aliphatic carbocycles. The van der Waals surface area contributed by atoms with E-state index in [0.29, 0.717) is 0 Å². The number of rotatable bonds is 5. The maximum Gasteiger partial charge on any atom is 0.252 e. The zero-order chi connectivity index (χ0) is 52.8. The van der Waals surface area contributed by atoms with Gasteiger partial charge < -0.3 is 14.7 Å². The van der Waals surface area contributed by atoms with Crippen molar-refractivity contribution in [2.45, 2.75) is 149 Å². The fourth-order valence-electron chi connectivity index (χ4n) is 13.6. The molecular formula is C71H76BN3. The van der Waals surface area contributed by atoms with Crippen LogP contribution in [0.1, 0.15) is 144 Å². The molecule has 4 aliphatic rings. The molecule has 0 saturated heterocycles. The van der Waals surface area contributed by atoms with Gasteiger partial charge in [0.25, 0.3) is 6.71 Å². The summed E-state index contributed by atoms with van der Waals surface area (Å²) in [5.74, 6) is 0. The molecule has 4 heteroatoms. The van der Waals surface area contributed by atoms with Crippen LogP contribution in [0.25, 0.3) is 22.3 Å². The largest absolute Gasteiger partial charge is 0.334 e. The highest BCUT2D eigenvalue weighted by atomic mass is 15.3. The van der Waals surface area contributed by atoms with Gasteiger partial charge in [0.2, 0.25) is 0 Å². The minimum absolute atomic E-state index is 0.00463. The van der Waals surface area contributed by atoms with Gasteiger partial charge in [-0.05, 0) is 151 Å². The summed E-state index contributed by atoms with van der Waals surface area (Å²) in [5, 5.41) is 0. The molecular weight excluding hydrogens is 906 g/mol. The summed E-state index contributed by atoms with van der Waals surface area (Å²) in [7, 11) is 0. The highest BCUT2D eigenvalue weighted by Crippen LogP contribution is 2.63. The number of benzene rings is 8. The van der Waals surface area contributed by atoms with Crippen molar-refractivity contribution >= 4 is 68.6 Å². The van der Waals surface area contributed by atoms with Gasteiger partial charge in [-0.3, -0.25) is 0 Å². The molecule has 12 rings (SSSR count). The third-order valence-corrected chi connectivity index (χ3v) is 18.2. The van der Waals surface area contributed by atoms with Gasteiger partial charge in [-0.25, -0.2) is 0 Å². The predicted molar refractivity (Wildman–Crippen MR) is 324 cm³/mol. The maximum atomic E-state index is 2.79. The van der Waals surface area contributed by atoms with Gasteiger partial charge in [-0.1, -0.05) is 212 Å². The number of hydrogen-bond donors (Lipinski definition) is 0. The quantitative estimate of drug-likeness (QED) is 0.159. The highest BCUT2D eigenvalue weighted by molar-refractivity contribution is 7.00. The Morgan fingerprint density at radius 1 is 0.387 bits per heavy atom. The Balaban J connectivity index is 1.26. The predicted octanol–water partition coefficient (Wildman–Crippen LogP) is 17.6. The highest BCUT2D eigenvalue weighted by Gasteiger charge is 2.60. The summed E-state index contributed by atoms with van der Waals surface area (Å²) in [5.41, 5.74) is 25.3. The molecule has 0 amide bonds. The van der Waals surface area contributed by atoms with E-state index in [1.54, 1.807) is 0 Å². The van der Waals surface area contributed by atoms with E-state index in [-0.39, 0.29) is 39.3 Å². The van der Waals surface area contributed by atoms with Crippen LogP contribution in [0.15, 0.2) is 170 Å². The number of fused-ring (bicyclic) bond motifs is 7. The zero-order valence-electron chi connectivity index (χ0n) is 47.2. The first kappa shape index (κ1) is 49.1. The summed E-state index contributed by atoms with van der Waals surface area (Å²) < 4.78 is 0. The van der Waals surface area contributed by atoms with Crippen LogP contribution in [0.2, 0.25) is 0 Å². The molecule has 3 nitrogen and oxygen atoms in total. The lowest BCUT2D eigenvalue weighted by Gasteiger charge is -2.47. The number of hydrogen-bond acceptors (Lipinski definition) is 3. The van der Waals surface area contributed by atoms with E-state index >= 15 is 0 Å². The fraction of sp³-hybridized carbons (Fsp3) is 0.324. The smallest absolute Gasteiger partial charge is 0.252 e. The third-order valence-electron chi connectivity index (χ3n) is 18.2. The maximum absolute atomic E-state index is 2.79. The summed E-state index contributed by atoms with van der Waals surface area (Å²) in [6.07, 6.45) is 3.49. The van der Waals surface area contributed by atoms with Crippen LogP contribution < -0.4 is 31.1 Å². The molecule has 2 atom stereocenters. The normalized spacial score (nSPS) is 18.9. The van der Waals surface area contributed by atoms with Crippen molar-refractivity contribution in [3.05, 3.63) is 198 Å². The van der Waals surface area contributed by atoms with Crippen molar-refractivity contribution in [3.8, 4) is 22.3 Å². The van der Waals surface area contributed by atoms with Crippen LogP contribution in [0.5, 0.6) is 0 Å². The Labute approximate surface area is 449 Å². The second-order valence-corrected chi connectivity index (χ2v) is 27.1. The van der Waals surface area contributed by atoms with Gasteiger partial charge in [0.05, 0.1) is 16.9 Å². The second kappa shape index (κ2) is 16.9. The Hall–Kier alpha value is -6.78. The van der Waals surface area contributed by atoms with Gasteiger partial charge in [0.1, 0.15) is 0 Å². The molecule has 0 radical (unpaired) electrons. The summed E-state index contributed by atoms with van der Waals surface area (Å²) >= 11 is 0. The average Bonchev–Trinajstić information content (AvgIpc) is 3.98. The first-order chi connectivity index (χ1) is 35.5. The number of anilines is 8. The van der Waals surface area contributed by atoms with Gasteiger partial charge in [-0.15, -0.1) is 0 Å². The van der Waals surface area contributed by atoms with Crippen LogP contribution >= 0.6 is 0 Å². The molecule has 0 spiro atoms. The lowest BCUT2D eigenvalue weighted by Crippen LogP contribution is -2.61. The van der Waals surface area contributed by atoms with E-state index in [0.717, 1.165) is 6.42 Å². The van der Waals surface area contributed by atoms with Gasteiger partial charge in [0.15, 0.2) is 0 Å². The Kier molecular flexibility index (Phi) is 11.0. The molecule has 8 aromatic carbocycles. The summed E-state index contributed by atoms with van der Waals surface area (Å²) in [6, 6.07) is 66.5. The molecule has 75 heavy (non-hydrogen) atoms. The molecule has 2 unspecified atom stereocenters. The Morgan fingerprint density at radius 3 is 1.37 bits per heavy atom. The van der Waals surface area contributed by atoms with E-state index in [1.165, 1.54) is 125 Å². The molecule has 1 fully saturated rings. The molecule has 8 aromatic rings. The van der Waals surface area contributed by atoms with E-state index in [4.69, 9.17) is 0 Å². The molecule has 0 bridgehead atoms. The minimum atomic E-state index is -0.139. The van der Waals surface area contributed by atoms with Crippen LogP contribution in [-0.2, 0) is 27.1 Å². The summed E-state index contributed by atoms with van der Waals surface area (Å²) in [4.78, 5) is 8.17. The zero-order valence-corrected chi connectivity index (χ0v) is 47.2. The van der Waals surface area contributed by atoms with Crippen molar-refractivity contribution in [3.63, 3.8) is 0 Å².